The van der Waals surface area contributed by atoms with Crippen molar-refractivity contribution in [2.24, 2.45) is 0 Å². The summed E-state index contributed by atoms with van der Waals surface area (Å²) >= 11 is 0. The van der Waals surface area contributed by atoms with Gasteiger partial charge in [-0.05, 0) is 6.92 Å². The number of fused-ring (bicyclic) bond motifs is 1. The van der Waals surface area contributed by atoms with Crippen LogP contribution in [0.15, 0.2) is 6.20 Å². The van der Waals surface area contributed by atoms with Crippen LogP contribution >= 0.6 is 0 Å². The average molecular weight is 179 g/mol. The van der Waals surface area contributed by atoms with Crippen LogP contribution in [0, 0.1) is 6.92 Å². The van der Waals surface area contributed by atoms with Gasteiger partial charge in [0, 0.05) is 6.20 Å². The summed E-state index contributed by atoms with van der Waals surface area (Å²) in [7, 11) is 0. The molecule has 1 aliphatic heterocycles. The van der Waals surface area contributed by atoms with Crippen molar-refractivity contribution in [3.8, 4) is 5.88 Å². The fraction of sp³-hybridized carbons (Fsp3) is 0.375. The molecule has 1 N–H and O–H groups in total. The molecule has 0 aromatic carbocycles. The van der Waals surface area contributed by atoms with Crippen LogP contribution in [-0.4, -0.2) is 29.0 Å². The van der Waals surface area contributed by atoms with Gasteiger partial charge in [-0.3, -0.25) is 4.79 Å². The molecule has 0 fully saturated rings. The standard InChI is InChI=1S/C8H9N3O2/c1-5-4-10-6-7(12)9-2-3-13-8(6)11-5/h4H,2-3H2,1H3,(H,9,12). The Kier molecular flexibility index (Phi) is 1.84. The van der Waals surface area contributed by atoms with Crippen LogP contribution in [0.1, 0.15) is 16.2 Å². The summed E-state index contributed by atoms with van der Waals surface area (Å²) in [4.78, 5) is 19.4. The van der Waals surface area contributed by atoms with E-state index < -0.39 is 0 Å². The molecular formula is C8H9N3O2. The van der Waals surface area contributed by atoms with Crippen LogP contribution < -0.4 is 10.1 Å². The van der Waals surface area contributed by atoms with Crippen molar-refractivity contribution in [3.63, 3.8) is 0 Å². The lowest BCUT2D eigenvalue weighted by Crippen LogP contribution is -2.25. The highest BCUT2D eigenvalue weighted by Gasteiger charge is 2.18. The Labute approximate surface area is 75.1 Å². The van der Waals surface area contributed by atoms with Gasteiger partial charge < -0.3 is 10.1 Å². The minimum Gasteiger partial charge on any atom is -0.474 e. The zero-order valence-corrected chi connectivity index (χ0v) is 7.20. The van der Waals surface area contributed by atoms with Gasteiger partial charge in [0.15, 0.2) is 5.69 Å². The van der Waals surface area contributed by atoms with Crippen LogP contribution in [0.3, 0.4) is 0 Å². The molecule has 0 unspecified atom stereocenters. The molecule has 2 heterocycles. The zero-order chi connectivity index (χ0) is 9.26. The Bertz CT molecular complexity index is 351. The quantitative estimate of drug-likeness (QED) is 0.604. The number of rotatable bonds is 0. The fourth-order valence-corrected chi connectivity index (χ4v) is 1.11. The van der Waals surface area contributed by atoms with Gasteiger partial charge in [0.2, 0.25) is 5.88 Å². The number of nitrogens with zero attached hydrogens (tertiary/aromatic N) is 2. The molecule has 2 rings (SSSR count). The number of nitrogens with one attached hydrogen (secondary N) is 1. The molecule has 13 heavy (non-hydrogen) atoms. The Morgan fingerprint density at radius 1 is 1.62 bits per heavy atom. The van der Waals surface area contributed by atoms with Crippen molar-refractivity contribution in [1.29, 1.82) is 0 Å². The van der Waals surface area contributed by atoms with E-state index in [4.69, 9.17) is 4.74 Å². The Morgan fingerprint density at radius 2 is 2.46 bits per heavy atom. The van der Waals surface area contributed by atoms with Crippen LogP contribution in [0.5, 0.6) is 5.88 Å². The average Bonchev–Trinajstić information content (AvgIpc) is 2.28. The second-order valence-corrected chi connectivity index (χ2v) is 2.77. The highest BCUT2D eigenvalue weighted by atomic mass is 16.5. The number of amides is 1. The molecule has 5 nitrogen and oxygen atoms in total. The maximum Gasteiger partial charge on any atom is 0.275 e. The number of carbonyl (C=O) groups is 1. The van der Waals surface area contributed by atoms with E-state index in [1.807, 2.05) is 0 Å². The van der Waals surface area contributed by atoms with E-state index >= 15 is 0 Å². The van der Waals surface area contributed by atoms with Crippen molar-refractivity contribution >= 4 is 5.91 Å². The summed E-state index contributed by atoms with van der Waals surface area (Å²) in [6.07, 6.45) is 1.55. The largest absolute Gasteiger partial charge is 0.474 e. The van der Waals surface area contributed by atoms with E-state index in [0.29, 0.717) is 19.0 Å². The minimum absolute atomic E-state index is 0.222. The van der Waals surface area contributed by atoms with Gasteiger partial charge in [-0.2, -0.15) is 0 Å². The first-order valence-corrected chi connectivity index (χ1v) is 4.02. The first kappa shape index (κ1) is 7.97. The number of aromatic nitrogens is 2. The Morgan fingerprint density at radius 3 is 3.31 bits per heavy atom. The third kappa shape index (κ3) is 1.44. The Hall–Kier alpha value is -1.65. The van der Waals surface area contributed by atoms with Crippen molar-refractivity contribution in [3.05, 3.63) is 17.6 Å². The molecule has 1 aliphatic rings. The van der Waals surface area contributed by atoms with E-state index in [0.717, 1.165) is 5.69 Å². The molecule has 5 heteroatoms. The van der Waals surface area contributed by atoms with E-state index in [1.165, 1.54) is 0 Å². The molecule has 0 saturated heterocycles. The predicted molar refractivity (Wildman–Crippen MR) is 44.6 cm³/mol. The number of hydrogen-bond donors (Lipinski definition) is 1. The SMILES string of the molecule is Cc1cnc2c(n1)OCCNC2=O. The maximum absolute atomic E-state index is 11.3. The second kappa shape index (κ2) is 3.01. The normalized spacial score (nSPS) is 15.3. The fourth-order valence-electron chi connectivity index (χ4n) is 1.11. The summed E-state index contributed by atoms with van der Waals surface area (Å²) < 4.78 is 5.24. The van der Waals surface area contributed by atoms with Crippen LogP contribution in [0.25, 0.3) is 0 Å². The second-order valence-electron chi connectivity index (χ2n) is 2.77. The molecule has 0 saturated carbocycles. The van der Waals surface area contributed by atoms with E-state index in [1.54, 1.807) is 13.1 Å². The summed E-state index contributed by atoms with van der Waals surface area (Å²) in [5.74, 6) is 0.106. The predicted octanol–water partition coefficient (Wildman–Crippen LogP) is -0.0928. The summed E-state index contributed by atoms with van der Waals surface area (Å²) in [6, 6.07) is 0. The van der Waals surface area contributed by atoms with E-state index in [9.17, 15) is 4.79 Å². The van der Waals surface area contributed by atoms with Crippen molar-refractivity contribution in [2.75, 3.05) is 13.2 Å². The zero-order valence-electron chi connectivity index (χ0n) is 7.20. The molecule has 0 aliphatic carbocycles. The molecule has 0 bridgehead atoms. The molecule has 0 spiro atoms. The van der Waals surface area contributed by atoms with Gasteiger partial charge in [-0.1, -0.05) is 0 Å². The highest BCUT2D eigenvalue weighted by Crippen LogP contribution is 2.14. The number of aryl methyl sites for hydroxylation is 1. The lowest BCUT2D eigenvalue weighted by atomic mass is 10.4. The van der Waals surface area contributed by atoms with Crippen LogP contribution in [-0.2, 0) is 0 Å². The minimum atomic E-state index is -0.222. The first-order chi connectivity index (χ1) is 6.27. The molecule has 0 radical (unpaired) electrons. The van der Waals surface area contributed by atoms with E-state index in [2.05, 4.69) is 15.3 Å². The number of hydrogen-bond acceptors (Lipinski definition) is 4. The lowest BCUT2D eigenvalue weighted by molar-refractivity contribution is 0.0952. The lowest BCUT2D eigenvalue weighted by Gasteiger charge is -2.02. The van der Waals surface area contributed by atoms with Crippen molar-refractivity contribution in [2.45, 2.75) is 6.92 Å². The number of carbonyl (C=O) groups excluding carboxylic acids is 1. The Balaban J connectivity index is 2.48. The molecule has 1 aromatic heterocycles. The van der Waals surface area contributed by atoms with Crippen molar-refractivity contribution in [1.82, 2.24) is 15.3 Å². The number of ether oxygens (including phenoxy) is 1. The molecule has 0 atom stereocenters. The topological polar surface area (TPSA) is 64.1 Å². The van der Waals surface area contributed by atoms with Crippen LogP contribution in [0.4, 0.5) is 0 Å². The smallest absolute Gasteiger partial charge is 0.275 e. The molecular weight excluding hydrogens is 170 g/mol. The monoisotopic (exact) mass is 179 g/mol. The van der Waals surface area contributed by atoms with Crippen molar-refractivity contribution < 1.29 is 9.53 Å². The summed E-state index contributed by atoms with van der Waals surface area (Å²) in [6.45, 7) is 2.74. The summed E-state index contributed by atoms with van der Waals surface area (Å²) in [5, 5.41) is 2.65. The third-order valence-electron chi connectivity index (χ3n) is 1.70. The maximum atomic E-state index is 11.3. The van der Waals surface area contributed by atoms with Gasteiger partial charge in [-0.25, -0.2) is 9.97 Å². The van der Waals surface area contributed by atoms with Gasteiger partial charge >= 0.3 is 0 Å². The molecule has 68 valence electrons. The van der Waals surface area contributed by atoms with Gasteiger partial charge in [0.05, 0.1) is 12.2 Å². The summed E-state index contributed by atoms with van der Waals surface area (Å²) in [5.41, 5.74) is 1.01. The first-order valence-electron chi connectivity index (χ1n) is 4.02. The molecule has 1 amide bonds. The van der Waals surface area contributed by atoms with Gasteiger partial charge in [-0.15, -0.1) is 0 Å². The molecule has 1 aromatic rings. The third-order valence-corrected chi connectivity index (χ3v) is 1.70. The van der Waals surface area contributed by atoms with Gasteiger partial charge in [0.25, 0.3) is 5.91 Å². The van der Waals surface area contributed by atoms with E-state index in [-0.39, 0.29) is 11.6 Å². The van der Waals surface area contributed by atoms with Crippen LogP contribution in [0.2, 0.25) is 0 Å². The van der Waals surface area contributed by atoms with Gasteiger partial charge in [0.1, 0.15) is 6.61 Å². The highest BCUT2D eigenvalue weighted by molar-refractivity contribution is 5.94.